The van der Waals surface area contributed by atoms with Gasteiger partial charge in [-0.2, -0.15) is 0 Å². The maximum atomic E-state index is 6.57. The maximum absolute atomic E-state index is 6.57. The number of hydrogen-bond acceptors (Lipinski definition) is 3. The van der Waals surface area contributed by atoms with Gasteiger partial charge < -0.3 is 31.8 Å². The molecule has 0 spiro atoms. The summed E-state index contributed by atoms with van der Waals surface area (Å²) in [6.07, 6.45) is 0. The van der Waals surface area contributed by atoms with Gasteiger partial charge in [-0.15, -0.1) is 22.7 Å². The summed E-state index contributed by atoms with van der Waals surface area (Å²) in [5.74, 6) is 0. The number of fused-ring (bicyclic) bond motifs is 36. The molecule has 9 heterocycles. The lowest BCUT2D eigenvalue weighted by Crippen LogP contribution is -1.96. The van der Waals surface area contributed by atoms with Crippen LogP contribution in [0.5, 0.6) is 0 Å². The summed E-state index contributed by atoms with van der Waals surface area (Å²) in [6, 6.07) is 168. The highest BCUT2D eigenvalue weighted by Gasteiger charge is 2.27. The molecule has 628 valence electrons. The summed E-state index contributed by atoms with van der Waals surface area (Å²) in [5, 5.41) is 30.5. The van der Waals surface area contributed by atoms with Crippen molar-refractivity contribution in [1.82, 2.24) is 27.4 Å². The van der Waals surface area contributed by atoms with Crippen molar-refractivity contribution in [3.05, 3.63) is 461 Å². The Balaban J connectivity index is 0.0000000987. The Morgan fingerprint density at radius 2 is 0.474 bits per heavy atom. The van der Waals surface area contributed by atoms with Gasteiger partial charge in [0.05, 0.1) is 71.9 Å². The number of nitrogens with zero attached hydrogens (tertiary/aromatic N) is 6. The first-order chi connectivity index (χ1) is 67.0. The second-order valence-corrected chi connectivity index (χ2v) is 37.7. The molecule has 0 fully saturated rings. The van der Waals surface area contributed by atoms with E-state index in [2.05, 4.69) is 482 Å². The molecule has 9 heteroatoms. The van der Waals surface area contributed by atoms with Gasteiger partial charge in [-0.25, -0.2) is 0 Å². The van der Waals surface area contributed by atoms with Crippen LogP contribution in [0.4, 0.5) is 0 Å². The van der Waals surface area contributed by atoms with Crippen LogP contribution in [0.15, 0.2) is 465 Å². The highest BCUT2D eigenvalue weighted by Crippen LogP contribution is 2.50. The van der Waals surface area contributed by atoms with Gasteiger partial charge in [0, 0.05) is 160 Å². The molecule has 0 atom stereocenters. The molecule has 0 radical (unpaired) electrons. The summed E-state index contributed by atoms with van der Waals surface area (Å²) < 4.78 is 26.4. The van der Waals surface area contributed by atoms with Crippen molar-refractivity contribution in [2.45, 2.75) is 0 Å². The third-order valence-corrected chi connectivity index (χ3v) is 30.8. The van der Waals surface area contributed by atoms with Crippen LogP contribution in [0.3, 0.4) is 0 Å². The summed E-state index contributed by atoms with van der Waals surface area (Å²) in [7, 11) is 0. The van der Waals surface area contributed by atoms with E-state index in [9.17, 15) is 0 Å². The van der Waals surface area contributed by atoms with Crippen molar-refractivity contribution in [2.24, 2.45) is 0 Å². The number of furan rings is 1. The predicted octanol–water partition coefficient (Wildman–Crippen LogP) is 35.4. The number of thiophene rings is 2. The van der Waals surface area contributed by atoms with Crippen molar-refractivity contribution in [1.29, 1.82) is 0 Å². The fraction of sp³-hybridized carbons (Fsp3) is 0. The molecule has 0 amide bonds. The zero-order chi connectivity index (χ0) is 88.2. The molecule has 0 saturated carbocycles. The van der Waals surface area contributed by atoms with Crippen LogP contribution < -0.4 is 0 Å². The molecule has 9 aromatic heterocycles. The molecule has 22 aromatic carbocycles. The van der Waals surface area contributed by atoms with Crippen LogP contribution in [-0.2, 0) is 0 Å². The van der Waals surface area contributed by atoms with Gasteiger partial charge in [0.15, 0.2) is 5.58 Å². The number of para-hydroxylation sites is 11. The Morgan fingerprint density at radius 3 is 0.993 bits per heavy atom. The van der Waals surface area contributed by atoms with Gasteiger partial charge in [0.1, 0.15) is 5.58 Å². The minimum atomic E-state index is 0.908. The van der Waals surface area contributed by atoms with Crippen LogP contribution in [0.1, 0.15) is 0 Å². The summed E-state index contributed by atoms with van der Waals surface area (Å²) >= 11 is 3.76. The Hall–Kier alpha value is -17.3. The molecule has 135 heavy (non-hydrogen) atoms. The lowest BCUT2D eigenvalue weighted by molar-refractivity contribution is 0.666. The van der Waals surface area contributed by atoms with Gasteiger partial charge in [0.2, 0.25) is 0 Å². The predicted molar refractivity (Wildman–Crippen MR) is 576 cm³/mol. The van der Waals surface area contributed by atoms with E-state index in [1.54, 1.807) is 0 Å². The second-order valence-electron chi connectivity index (χ2n) is 35.6. The first-order valence-electron chi connectivity index (χ1n) is 46.2. The van der Waals surface area contributed by atoms with Crippen molar-refractivity contribution in [2.75, 3.05) is 0 Å². The van der Waals surface area contributed by atoms with Crippen LogP contribution in [0, 0.1) is 0 Å². The monoisotopic (exact) mass is 1750 g/mol. The fourth-order valence-corrected chi connectivity index (χ4v) is 25.1. The smallest absolute Gasteiger partial charge is 0.159 e. The van der Waals surface area contributed by atoms with Crippen molar-refractivity contribution >= 4 is 248 Å². The first-order valence-corrected chi connectivity index (χ1v) is 47.8. The molecule has 0 aliphatic heterocycles. The molecule has 0 unspecified atom stereocenters. The molecule has 31 rings (SSSR count). The topological polar surface area (TPSA) is 42.7 Å². The molecule has 31 aromatic rings. The highest BCUT2D eigenvalue weighted by atomic mass is 32.1. The molecule has 0 aliphatic rings. The molecule has 7 nitrogen and oxygen atoms in total. The summed E-state index contributed by atoms with van der Waals surface area (Å²) in [6.45, 7) is 0. The molecule has 0 aliphatic carbocycles. The van der Waals surface area contributed by atoms with Gasteiger partial charge in [-0.1, -0.05) is 303 Å². The van der Waals surface area contributed by atoms with Crippen molar-refractivity contribution < 1.29 is 4.42 Å². The lowest BCUT2D eigenvalue weighted by Gasteiger charge is -2.12. The van der Waals surface area contributed by atoms with Crippen LogP contribution in [0.25, 0.3) is 271 Å². The van der Waals surface area contributed by atoms with Crippen LogP contribution in [0.2, 0.25) is 0 Å². The zero-order valence-corrected chi connectivity index (χ0v) is 74.4. The molecule has 0 N–H and O–H groups in total. The molecular formula is C126H76N6OS2. The number of aromatic nitrogens is 6. The lowest BCUT2D eigenvalue weighted by atomic mass is 10.0. The third kappa shape index (κ3) is 11.2. The van der Waals surface area contributed by atoms with E-state index in [0.29, 0.717) is 0 Å². The van der Waals surface area contributed by atoms with Gasteiger partial charge in [0.25, 0.3) is 0 Å². The first kappa shape index (κ1) is 75.5. The molecular weight excluding hydrogens is 1680 g/mol. The summed E-state index contributed by atoms with van der Waals surface area (Å²) in [5.41, 5.74) is 25.8. The number of benzene rings is 22. The van der Waals surface area contributed by atoms with E-state index >= 15 is 0 Å². The maximum Gasteiger partial charge on any atom is 0.159 e. The minimum absolute atomic E-state index is 0.908. The standard InChI is InChI=1S/C46H28N2S.C40H24N2O.C40H24N2S/c1-2-10-31(11-3-1)47-40-15-7-5-13-34(40)39-28-30(20-26-42(39)47)29-18-21-32(22-19-29)48-41-16-8-4-12-33(41)36-24-23-35-37(46(36)48)25-27-44-45(35)38-14-6-9-17-43(38)49-44;1-2-11-25(12-3-1)41-34-18-8-5-15-32(34)38-28-21-22-29-26-13-4-7-17-33(26)42(39(29)30(28)23-24-35(38)41)36-19-10-16-31-27-14-6-9-20-37(27)43-40(31)36;1-2-10-25(11-3-1)41-34-15-7-5-13-28(34)33-24-26(18-22-36(33)41)42-35-16-8-4-12-27(35)30-20-19-29-31(40(30)42)21-23-38-39(29)32-14-6-9-17-37(32)43-38/h1-28H;2*1-24H. The number of hydrogen-bond donors (Lipinski definition) is 0. The normalized spacial score (nSPS) is 12.1. The molecule has 0 bridgehead atoms. The van der Waals surface area contributed by atoms with Crippen LogP contribution in [-0.4, -0.2) is 27.4 Å². The third-order valence-electron chi connectivity index (χ3n) is 28.5. The zero-order valence-electron chi connectivity index (χ0n) is 72.8. The highest BCUT2D eigenvalue weighted by molar-refractivity contribution is 7.26. The van der Waals surface area contributed by atoms with Crippen LogP contribution >= 0.6 is 22.7 Å². The van der Waals surface area contributed by atoms with Gasteiger partial charge in [-0.3, -0.25) is 0 Å². The van der Waals surface area contributed by atoms with E-state index in [-0.39, 0.29) is 0 Å². The van der Waals surface area contributed by atoms with Crippen molar-refractivity contribution in [3.63, 3.8) is 0 Å². The summed E-state index contributed by atoms with van der Waals surface area (Å²) in [4.78, 5) is 0. The largest absolute Gasteiger partial charge is 0.454 e. The van der Waals surface area contributed by atoms with Gasteiger partial charge in [-0.05, 0) is 185 Å². The average Bonchev–Trinajstić information content (AvgIpc) is 1.55. The minimum Gasteiger partial charge on any atom is -0.454 e. The van der Waals surface area contributed by atoms with E-state index in [0.717, 1.165) is 27.6 Å². The van der Waals surface area contributed by atoms with E-state index in [4.69, 9.17) is 4.42 Å². The van der Waals surface area contributed by atoms with Gasteiger partial charge >= 0.3 is 0 Å². The van der Waals surface area contributed by atoms with E-state index < -0.39 is 0 Å². The quantitative estimate of drug-likeness (QED) is 0.157. The SMILES string of the molecule is c1ccc(-n2c3ccccc3c3c4ccc5c6ccccc6n(-c6cccc7c6oc6ccccc67)c5c4ccc32)cc1.c1ccc(-n2c3ccccc3c3cc(-c4ccc(-n5c6ccccc6c6ccc7c(ccc8sc9ccccc9c87)c65)cc4)ccc32)cc1.c1ccc(-n2c3ccccc3c3cc(-n4c5ccccc5c5ccc6c(ccc7sc8ccccc8c76)c54)ccc32)cc1. The molecule has 0 saturated heterocycles. The Morgan fingerprint density at radius 1 is 0.156 bits per heavy atom. The second kappa shape index (κ2) is 29.6. The number of rotatable bonds is 7. The Bertz CT molecular complexity index is 10400. The Labute approximate surface area is 780 Å². The van der Waals surface area contributed by atoms with E-state index in [1.165, 1.54) is 243 Å². The fourth-order valence-electron chi connectivity index (χ4n) is 22.8. The average molecular weight is 1750 g/mol. The van der Waals surface area contributed by atoms with Crippen molar-refractivity contribution in [3.8, 4) is 45.3 Å². The van der Waals surface area contributed by atoms with E-state index in [1.807, 2.05) is 28.7 Å². The Kier molecular flexibility index (Phi) is 16.5.